The molecular formula is C20H17ClF2N4O3S. The van der Waals surface area contributed by atoms with Gasteiger partial charge in [-0.1, -0.05) is 23.7 Å². The van der Waals surface area contributed by atoms with Crippen LogP contribution in [-0.2, 0) is 21.9 Å². The van der Waals surface area contributed by atoms with Crippen LogP contribution < -0.4 is 5.32 Å². The molecule has 1 aliphatic rings. The first-order chi connectivity index (χ1) is 14.7. The molecule has 2 atom stereocenters. The first-order valence-corrected chi connectivity index (χ1v) is 11.0. The van der Waals surface area contributed by atoms with Gasteiger partial charge in [0.15, 0.2) is 5.03 Å². The average molecular weight is 467 g/mol. The molecule has 2 heterocycles. The Hall–Kier alpha value is -2.98. The second kappa shape index (κ2) is 7.93. The van der Waals surface area contributed by atoms with Gasteiger partial charge in [-0.25, -0.2) is 18.1 Å². The fraction of sp³-hybridized carbons (Fsp3) is 0.200. The number of carbonyl (C=O) groups excluding carboxylic acids is 1. The summed E-state index contributed by atoms with van der Waals surface area (Å²) < 4.78 is 55.3. The lowest BCUT2D eigenvalue weighted by atomic mass is 9.94. The third-order valence-corrected chi connectivity index (χ3v) is 6.99. The molecule has 0 spiro atoms. The van der Waals surface area contributed by atoms with Crippen molar-refractivity contribution in [3.63, 3.8) is 0 Å². The second-order valence-corrected chi connectivity index (χ2v) is 9.38. The lowest BCUT2D eigenvalue weighted by Gasteiger charge is -2.19. The molecule has 11 heteroatoms. The molecule has 7 nitrogen and oxygen atoms in total. The summed E-state index contributed by atoms with van der Waals surface area (Å²) in [6.45, 7) is -0.171. The predicted octanol–water partition coefficient (Wildman–Crippen LogP) is 3.15. The zero-order valence-corrected chi connectivity index (χ0v) is 17.7. The van der Waals surface area contributed by atoms with Crippen LogP contribution in [0, 0.1) is 11.6 Å². The summed E-state index contributed by atoms with van der Waals surface area (Å²) in [7, 11) is -2.59. The van der Waals surface area contributed by atoms with Crippen LogP contribution in [0.5, 0.6) is 0 Å². The fourth-order valence-electron chi connectivity index (χ4n) is 3.49. The minimum Gasteiger partial charge on any atom is -0.373 e. The van der Waals surface area contributed by atoms with Gasteiger partial charge in [0.25, 0.3) is 15.9 Å². The molecule has 1 amide bonds. The second-order valence-electron chi connectivity index (χ2n) is 7.16. The summed E-state index contributed by atoms with van der Waals surface area (Å²) >= 11 is 5.83. The molecule has 1 aromatic heterocycles. The van der Waals surface area contributed by atoms with Crippen LogP contribution in [0.4, 0.5) is 14.5 Å². The smallest absolute Gasteiger partial charge is 0.285 e. The predicted molar refractivity (Wildman–Crippen MR) is 110 cm³/mol. The van der Waals surface area contributed by atoms with Crippen molar-refractivity contribution in [1.82, 2.24) is 13.9 Å². The molecule has 0 bridgehead atoms. The SMILES string of the molecule is Cn1cnc(S(=O)(=O)N2C[C@H](c3ccc(F)cc3)[C@@H](Nc3ccc(F)c(Cl)c3)C2=O)c1. The van der Waals surface area contributed by atoms with E-state index < -0.39 is 39.5 Å². The van der Waals surface area contributed by atoms with Crippen molar-refractivity contribution in [2.45, 2.75) is 17.0 Å². The van der Waals surface area contributed by atoms with Gasteiger partial charge >= 0.3 is 0 Å². The molecule has 1 aliphatic heterocycles. The van der Waals surface area contributed by atoms with Crippen LogP contribution in [0.1, 0.15) is 11.5 Å². The van der Waals surface area contributed by atoms with Crippen LogP contribution in [0.2, 0.25) is 5.02 Å². The van der Waals surface area contributed by atoms with Crippen molar-refractivity contribution in [1.29, 1.82) is 0 Å². The van der Waals surface area contributed by atoms with Gasteiger partial charge in [-0.15, -0.1) is 0 Å². The molecule has 1 fully saturated rings. The largest absolute Gasteiger partial charge is 0.373 e. The number of hydrogen-bond acceptors (Lipinski definition) is 5. The molecule has 3 aromatic rings. The Labute approximate surface area is 182 Å². The number of benzene rings is 2. The van der Waals surface area contributed by atoms with Crippen molar-refractivity contribution in [2.75, 3.05) is 11.9 Å². The van der Waals surface area contributed by atoms with Gasteiger partial charge in [0.2, 0.25) is 0 Å². The van der Waals surface area contributed by atoms with E-state index in [-0.39, 0.29) is 16.6 Å². The summed E-state index contributed by atoms with van der Waals surface area (Å²) in [5, 5.41) is 2.55. The van der Waals surface area contributed by atoms with Gasteiger partial charge in [0, 0.05) is 31.4 Å². The molecule has 0 aliphatic carbocycles. The maximum absolute atomic E-state index is 13.5. The average Bonchev–Trinajstić information content (AvgIpc) is 3.30. The molecular weight excluding hydrogens is 450 g/mol. The number of nitrogens with zero attached hydrogens (tertiary/aromatic N) is 3. The quantitative estimate of drug-likeness (QED) is 0.624. The van der Waals surface area contributed by atoms with E-state index in [1.807, 2.05) is 0 Å². The highest BCUT2D eigenvalue weighted by Gasteiger charge is 2.47. The monoisotopic (exact) mass is 466 g/mol. The summed E-state index contributed by atoms with van der Waals surface area (Å²) in [6, 6.07) is 8.30. The maximum Gasteiger partial charge on any atom is 0.285 e. The molecule has 1 N–H and O–H groups in total. The number of halogens is 3. The van der Waals surface area contributed by atoms with Crippen molar-refractivity contribution in [3.05, 3.63) is 77.2 Å². The minimum atomic E-state index is -4.20. The number of amides is 1. The number of hydrogen-bond donors (Lipinski definition) is 1. The van der Waals surface area contributed by atoms with E-state index in [1.165, 1.54) is 53.5 Å². The Morgan fingerprint density at radius 1 is 1.16 bits per heavy atom. The number of rotatable bonds is 5. The van der Waals surface area contributed by atoms with Crippen molar-refractivity contribution >= 4 is 33.2 Å². The standard InChI is InChI=1S/C20H17ClF2N4O3S/c1-26-10-18(24-11-26)31(29,30)27-9-15(12-2-4-13(22)5-3-12)19(20(27)28)25-14-6-7-17(23)16(21)8-14/h2-8,10-11,15,19,25H,9H2,1H3/t15-,19-/m1/s1. The molecule has 0 radical (unpaired) electrons. The third-order valence-electron chi connectivity index (χ3n) is 5.05. The van der Waals surface area contributed by atoms with E-state index >= 15 is 0 Å². The summed E-state index contributed by atoms with van der Waals surface area (Å²) in [6.07, 6.45) is 2.62. The normalized spacial score (nSPS) is 19.1. The highest BCUT2D eigenvalue weighted by atomic mass is 35.5. The van der Waals surface area contributed by atoms with Gasteiger partial charge in [-0.3, -0.25) is 4.79 Å². The molecule has 31 heavy (non-hydrogen) atoms. The number of aromatic nitrogens is 2. The number of imidazole rings is 1. The summed E-state index contributed by atoms with van der Waals surface area (Å²) in [5.74, 6) is -2.42. The first kappa shape index (κ1) is 21.3. The van der Waals surface area contributed by atoms with E-state index in [0.29, 0.717) is 11.3 Å². The van der Waals surface area contributed by atoms with E-state index in [2.05, 4.69) is 10.3 Å². The van der Waals surface area contributed by atoms with Gasteiger partial charge in [0.1, 0.15) is 17.7 Å². The number of nitrogens with one attached hydrogen (secondary N) is 1. The zero-order chi connectivity index (χ0) is 22.3. The number of aryl methyl sites for hydroxylation is 1. The molecule has 0 unspecified atom stereocenters. The Bertz CT molecular complexity index is 1250. The Morgan fingerprint density at radius 2 is 1.87 bits per heavy atom. The van der Waals surface area contributed by atoms with Crippen LogP contribution in [-0.4, -0.2) is 40.8 Å². The minimum absolute atomic E-state index is 0.147. The Morgan fingerprint density at radius 3 is 2.48 bits per heavy atom. The summed E-state index contributed by atoms with van der Waals surface area (Å²) in [5.41, 5.74) is 0.910. The van der Waals surface area contributed by atoms with Crippen molar-refractivity contribution in [2.24, 2.45) is 7.05 Å². The molecule has 2 aromatic carbocycles. The van der Waals surface area contributed by atoms with E-state index in [9.17, 15) is 22.0 Å². The van der Waals surface area contributed by atoms with E-state index in [0.717, 1.165) is 10.4 Å². The van der Waals surface area contributed by atoms with Crippen LogP contribution in [0.25, 0.3) is 0 Å². The topological polar surface area (TPSA) is 84.3 Å². The van der Waals surface area contributed by atoms with Crippen LogP contribution >= 0.6 is 11.6 Å². The third kappa shape index (κ3) is 4.00. The zero-order valence-electron chi connectivity index (χ0n) is 16.2. The highest BCUT2D eigenvalue weighted by Crippen LogP contribution is 2.34. The Kier molecular flexibility index (Phi) is 5.44. The maximum atomic E-state index is 13.5. The van der Waals surface area contributed by atoms with Crippen molar-refractivity contribution in [3.8, 4) is 0 Å². The number of anilines is 1. The molecule has 1 saturated heterocycles. The number of carbonyl (C=O) groups is 1. The van der Waals surface area contributed by atoms with Crippen LogP contribution in [0.15, 0.2) is 60.0 Å². The van der Waals surface area contributed by atoms with Gasteiger partial charge in [0.05, 0.1) is 11.3 Å². The molecule has 0 saturated carbocycles. The van der Waals surface area contributed by atoms with Crippen molar-refractivity contribution < 1.29 is 22.0 Å². The lowest BCUT2D eigenvalue weighted by Crippen LogP contribution is -2.38. The van der Waals surface area contributed by atoms with Crippen LogP contribution in [0.3, 0.4) is 0 Å². The van der Waals surface area contributed by atoms with Gasteiger partial charge in [-0.05, 0) is 35.9 Å². The van der Waals surface area contributed by atoms with Gasteiger partial charge in [-0.2, -0.15) is 8.42 Å². The molecule has 162 valence electrons. The Balaban J connectivity index is 1.73. The van der Waals surface area contributed by atoms with E-state index in [4.69, 9.17) is 11.6 Å². The molecule has 4 rings (SSSR count). The van der Waals surface area contributed by atoms with E-state index in [1.54, 1.807) is 7.05 Å². The first-order valence-electron chi connectivity index (χ1n) is 9.18. The summed E-state index contributed by atoms with van der Waals surface area (Å²) in [4.78, 5) is 17.1. The van der Waals surface area contributed by atoms with Gasteiger partial charge < -0.3 is 9.88 Å². The lowest BCUT2D eigenvalue weighted by molar-refractivity contribution is -0.124. The fourth-order valence-corrected chi connectivity index (χ4v) is 5.08. The number of sulfonamides is 1. The highest BCUT2D eigenvalue weighted by molar-refractivity contribution is 7.89.